The first-order valence-electron chi connectivity index (χ1n) is 10.4. The number of amides is 2. The number of fused-ring (bicyclic) bond motifs is 3. The van der Waals surface area contributed by atoms with Gasteiger partial charge in [-0.1, -0.05) is 0 Å². The fourth-order valence-electron chi connectivity index (χ4n) is 4.50. The van der Waals surface area contributed by atoms with Crippen LogP contribution < -0.4 is 15.1 Å². The molecule has 0 radical (unpaired) electrons. The highest BCUT2D eigenvalue weighted by Crippen LogP contribution is 2.39. The molecule has 1 atom stereocenters. The molecule has 0 aromatic heterocycles. The summed E-state index contributed by atoms with van der Waals surface area (Å²) >= 11 is 0. The summed E-state index contributed by atoms with van der Waals surface area (Å²) in [5.41, 5.74) is 2.53. The average Bonchev–Trinajstić information content (AvgIpc) is 2.73. The van der Waals surface area contributed by atoms with Crippen LogP contribution in [0.2, 0.25) is 0 Å². The van der Waals surface area contributed by atoms with Gasteiger partial charge in [-0.2, -0.15) is 0 Å². The van der Waals surface area contributed by atoms with Gasteiger partial charge in [0.1, 0.15) is 6.04 Å². The van der Waals surface area contributed by atoms with E-state index in [1.165, 1.54) is 0 Å². The van der Waals surface area contributed by atoms with Crippen LogP contribution in [0.4, 0.5) is 11.4 Å². The van der Waals surface area contributed by atoms with Gasteiger partial charge in [-0.05, 0) is 44.5 Å². The highest BCUT2D eigenvalue weighted by Gasteiger charge is 2.38. The van der Waals surface area contributed by atoms with Crippen molar-refractivity contribution in [1.29, 1.82) is 0 Å². The summed E-state index contributed by atoms with van der Waals surface area (Å²) in [5, 5.41) is 3.04. The predicted molar refractivity (Wildman–Crippen MR) is 111 cm³/mol. The van der Waals surface area contributed by atoms with E-state index in [2.05, 4.69) is 27.1 Å². The molecule has 0 saturated carbocycles. The molecule has 2 saturated heterocycles. The second kappa shape index (κ2) is 8.09. The summed E-state index contributed by atoms with van der Waals surface area (Å²) in [5.74, 6) is 0.0679. The van der Waals surface area contributed by atoms with Gasteiger partial charge in [0, 0.05) is 58.4 Å². The Morgan fingerprint density at radius 2 is 1.86 bits per heavy atom. The first kappa shape index (κ1) is 19.2. The summed E-state index contributed by atoms with van der Waals surface area (Å²) in [4.78, 5) is 34.0. The lowest BCUT2D eigenvalue weighted by atomic mass is 9.96. The Morgan fingerprint density at radius 1 is 1.07 bits per heavy atom. The monoisotopic (exact) mass is 385 g/mol. The molecule has 3 aliphatic heterocycles. The molecular weight excluding hydrogens is 354 g/mol. The third-order valence-corrected chi connectivity index (χ3v) is 6.34. The van der Waals surface area contributed by atoms with Crippen molar-refractivity contribution >= 4 is 23.2 Å². The van der Waals surface area contributed by atoms with Gasteiger partial charge in [0.05, 0.1) is 11.4 Å². The number of rotatable bonds is 4. The Bertz CT molecular complexity index is 744. The molecule has 0 bridgehead atoms. The van der Waals surface area contributed by atoms with Gasteiger partial charge in [-0.25, -0.2) is 0 Å². The second-order valence-electron chi connectivity index (χ2n) is 8.21. The van der Waals surface area contributed by atoms with E-state index < -0.39 is 0 Å². The van der Waals surface area contributed by atoms with Gasteiger partial charge in [0.25, 0.3) is 5.91 Å². The Hall–Kier alpha value is -2.12. The van der Waals surface area contributed by atoms with Crippen LogP contribution in [0, 0.1) is 0 Å². The number of likely N-dealkylation sites (N-methyl/N-ethyl adjacent to an activating group) is 2. The van der Waals surface area contributed by atoms with Gasteiger partial charge >= 0.3 is 0 Å². The van der Waals surface area contributed by atoms with Crippen molar-refractivity contribution in [2.75, 3.05) is 69.7 Å². The van der Waals surface area contributed by atoms with E-state index in [9.17, 15) is 9.59 Å². The van der Waals surface area contributed by atoms with Crippen molar-refractivity contribution in [3.05, 3.63) is 23.8 Å². The number of piperidine rings is 1. The molecule has 4 rings (SSSR count). The van der Waals surface area contributed by atoms with E-state index in [0.29, 0.717) is 12.1 Å². The molecule has 28 heavy (non-hydrogen) atoms. The predicted octanol–water partition coefficient (Wildman–Crippen LogP) is 0.999. The number of anilines is 2. The molecule has 7 nitrogen and oxygen atoms in total. The molecule has 2 fully saturated rings. The summed E-state index contributed by atoms with van der Waals surface area (Å²) in [6, 6.07) is 5.71. The summed E-state index contributed by atoms with van der Waals surface area (Å²) in [6.07, 6.45) is 3.13. The molecule has 1 N–H and O–H groups in total. The first-order chi connectivity index (χ1) is 13.5. The lowest BCUT2D eigenvalue weighted by molar-refractivity contribution is -0.120. The standard InChI is InChI=1S/C21H31N5O2/c1-23-11-13-25(14-12-23)10-8-22-20(27)16-6-7-17-19(15-16)24(2)21(28)18-5-3-4-9-26(17)18/h6-7,15,18H,3-5,8-14H2,1-2H3,(H,22,27)/t18-/m1/s1. The van der Waals surface area contributed by atoms with E-state index >= 15 is 0 Å². The molecule has 152 valence electrons. The van der Waals surface area contributed by atoms with E-state index in [0.717, 1.165) is 69.9 Å². The maximum absolute atomic E-state index is 12.7. The maximum Gasteiger partial charge on any atom is 0.251 e. The lowest BCUT2D eigenvalue weighted by Gasteiger charge is -2.44. The SMILES string of the molecule is CN1CCN(CCNC(=O)c2ccc3c(c2)N(C)C(=O)[C@H]2CCCCN32)CC1. The maximum atomic E-state index is 12.7. The zero-order valence-corrected chi connectivity index (χ0v) is 17.0. The number of nitrogens with zero attached hydrogens (tertiary/aromatic N) is 4. The van der Waals surface area contributed by atoms with E-state index in [-0.39, 0.29) is 17.9 Å². The van der Waals surface area contributed by atoms with Crippen LogP contribution in [0.15, 0.2) is 18.2 Å². The van der Waals surface area contributed by atoms with Gasteiger partial charge in [0.2, 0.25) is 5.91 Å². The highest BCUT2D eigenvalue weighted by molar-refractivity contribution is 6.07. The number of hydrogen-bond donors (Lipinski definition) is 1. The number of benzene rings is 1. The smallest absolute Gasteiger partial charge is 0.251 e. The van der Waals surface area contributed by atoms with Crippen LogP contribution in [-0.4, -0.2) is 87.6 Å². The number of piperazine rings is 1. The van der Waals surface area contributed by atoms with Crippen molar-refractivity contribution in [1.82, 2.24) is 15.1 Å². The summed E-state index contributed by atoms with van der Waals surface area (Å²) < 4.78 is 0. The molecule has 1 aromatic rings. The summed E-state index contributed by atoms with van der Waals surface area (Å²) in [6.45, 7) is 6.69. The van der Waals surface area contributed by atoms with Crippen LogP contribution in [0.3, 0.4) is 0 Å². The topological polar surface area (TPSA) is 59.1 Å². The fourth-order valence-corrected chi connectivity index (χ4v) is 4.50. The number of hydrogen-bond acceptors (Lipinski definition) is 5. The normalized spacial score (nSPS) is 23.4. The van der Waals surface area contributed by atoms with Crippen LogP contribution in [-0.2, 0) is 4.79 Å². The van der Waals surface area contributed by atoms with Crippen molar-refractivity contribution in [2.45, 2.75) is 25.3 Å². The zero-order chi connectivity index (χ0) is 19.7. The van der Waals surface area contributed by atoms with E-state index in [4.69, 9.17) is 0 Å². The van der Waals surface area contributed by atoms with Crippen LogP contribution in [0.25, 0.3) is 0 Å². The Balaban J connectivity index is 1.40. The fraction of sp³-hybridized carbons (Fsp3) is 0.619. The zero-order valence-electron chi connectivity index (χ0n) is 17.0. The molecule has 0 unspecified atom stereocenters. The molecule has 0 aliphatic carbocycles. The van der Waals surface area contributed by atoms with Crippen LogP contribution in [0.5, 0.6) is 0 Å². The molecule has 7 heteroatoms. The van der Waals surface area contributed by atoms with E-state index in [1.807, 2.05) is 25.2 Å². The highest BCUT2D eigenvalue weighted by atomic mass is 16.2. The minimum absolute atomic E-state index is 0.0467. The van der Waals surface area contributed by atoms with Crippen LogP contribution >= 0.6 is 0 Å². The van der Waals surface area contributed by atoms with Gasteiger partial charge < -0.3 is 20.0 Å². The molecule has 0 spiro atoms. The molecule has 3 heterocycles. The first-order valence-corrected chi connectivity index (χ1v) is 10.4. The number of carbonyl (C=O) groups is 2. The molecule has 3 aliphatic rings. The Labute approximate surface area is 167 Å². The number of nitrogens with one attached hydrogen (secondary N) is 1. The van der Waals surface area contributed by atoms with Crippen molar-refractivity contribution < 1.29 is 9.59 Å². The molecule has 1 aromatic carbocycles. The Morgan fingerprint density at radius 3 is 2.64 bits per heavy atom. The van der Waals surface area contributed by atoms with Gasteiger partial charge in [-0.3, -0.25) is 14.5 Å². The van der Waals surface area contributed by atoms with E-state index in [1.54, 1.807) is 4.90 Å². The summed E-state index contributed by atoms with van der Waals surface area (Å²) in [7, 11) is 3.96. The lowest BCUT2D eigenvalue weighted by Crippen LogP contribution is -2.54. The second-order valence-corrected chi connectivity index (χ2v) is 8.21. The van der Waals surface area contributed by atoms with Crippen molar-refractivity contribution in [2.24, 2.45) is 0 Å². The minimum Gasteiger partial charge on any atom is -0.358 e. The number of carbonyl (C=O) groups excluding carboxylic acids is 2. The largest absolute Gasteiger partial charge is 0.358 e. The average molecular weight is 386 g/mol. The van der Waals surface area contributed by atoms with Gasteiger partial charge in [-0.15, -0.1) is 0 Å². The quantitative estimate of drug-likeness (QED) is 0.838. The molecule has 2 amide bonds. The molecular formula is C21H31N5O2. The van der Waals surface area contributed by atoms with Crippen molar-refractivity contribution in [3.8, 4) is 0 Å². The third-order valence-electron chi connectivity index (χ3n) is 6.34. The third kappa shape index (κ3) is 3.73. The van der Waals surface area contributed by atoms with Gasteiger partial charge in [0.15, 0.2) is 0 Å². The van der Waals surface area contributed by atoms with Crippen molar-refractivity contribution in [3.63, 3.8) is 0 Å². The Kier molecular flexibility index (Phi) is 5.55. The minimum atomic E-state index is -0.0708. The van der Waals surface area contributed by atoms with Crippen LogP contribution in [0.1, 0.15) is 29.6 Å².